The first kappa shape index (κ1) is 33.5. The van der Waals surface area contributed by atoms with Crippen molar-refractivity contribution in [2.75, 3.05) is 25.0 Å². The van der Waals surface area contributed by atoms with Crippen molar-refractivity contribution >= 4 is 39.4 Å². The molecule has 2 unspecified atom stereocenters. The predicted octanol–water partition coefficient (Wildman–Crippen LogP) is 5.31. The quantitative estimate of drug-likeness (QED) is 0.197. The summed E-state index contributed by atoms with van der Waals surface area (Å²) in [7, 11) is -4.43. The first-order valence-corrected chi connectivity index (χ1v) is 18.4. The average molecular weight is 716 g/mol. The average Bonchev–Trinajstić information content (AvgIpc) is 3.99. The van der Waals surface area contributed by atoms with Gasteiger partial charge < -0.3 is 20.1 Å². The molecule has 7 rings (SSSR count). The lowest BCUT2D eigenvalue weighted by molar-refractivity contribution is 0.0980. The third kappa shape index (κ3) is 6.42. The predicted molar refractivity (Wildman–Crippen MR) is 177 cm³/mol. The minimum absolute atomic E-state index is 0.0923. The Balaban J connectivity index is 0.912. The van der Waals surface area contributed by atoms with Gasteiger partial charge in [0, 0.05) is 30.9 Å². The lowest BCUT2D eigenvalue weighted by Crippen LogP contribution is -2.41. The van der Waals surface area contributed by atoms with Gasteiger partial charge in [0.05, 0.1) is 12.2 Å². The molecule has 0 bridgehead atoms. The van der Waals surface area contributed by atoms with Crippen LogP contribution in [0.1, 0.15) is 69.2 Å². The lowest BCUT2D eigenvalue weighted by Gasteiger charge is -2.28. The van der Waals surface area contributed by atoms with Crippen LogP contribution in [0, 0.1) is 22.7 Å². The van der Waals surface area contributed by atoms with E-state index in [-0.39, 0.29) is 42.0 Å². The maximum absolute atomic E-state index is 14.9. The molecule has 4 heterocycles. The maximum atomic E-state index is 14.9. The Kier molecular flexibility index (Phi) is 8.28. The number of nitrogens with zero attached hydrogens (tertiary/aromatic N) is 5. The Morgan fingerprint density at radius 1 is 1.12 bits per heavy atom. The van der Waals surface area contributed by atoms with Crippen molar-refractivity contribution in [3.8, 4) is 11.7 Å². The number of carboxylic acid groups (broad SMARTS) is 1. The van der Waals surface area contributed by atoms with E-state index in [1.165, 1.54) is 65.6 Å². The van der Waals surface area contributed by atoms with E-state index in [2.05, 4.69) is 20.4 Å². The second kappa shape index (κ2) is 12.1. The van der Waals surface area contributed by atoms with Gasteiger partial charge in [-0.1, -0.05) is 17.7 Å². The molecule has 2 atom stereocenters. The van der Waals surface area contributed by atoms with Gasteiger partial charge in [-0.05, 0) is 106 Å². The van der Waals surface area contributed by atoms with Crippen molar-refractivity contribution in [3.63, 3.8) is 0 Å². The zero-order valence-corrected chi connectivity index (χ0v) is 28.8. The fourth-order valence-corrected chi connectivity index (χ4v) is 9.47. The van der Waals surface area contributed by atoms with Gasteiger partial charge in [-0.3, -0.25) is 4.79 Å². The highest BCUT2D eigenvalue weighted by Gasteiger charge is 2.85. The number of rotatable bonds is 13. The third-order valence-corrected chi connectivity index (χ3v) is 12.4. The number of anilines is 1. The van der Waals surface area contributed by atoms with Gasteiger partial charge in [0.25, 0.3) is 15.9 Å². The normalized spacial score (nSPS) is 21.8. The zero-order chi connectivity index (χ0) is 34.8. The molecular formula is C33H39ClFN7O6S. The van der Waals surface area contributed by atoms with Crippen LogP contribution in [0.15, 0.2) is 47.6 Å². The van der Waals surface area contributed by atoms with Crippen molar-refractivity contribution in [1.82, 2.24) is 29.4 Å². The van der Waals surface area contributed by atoms with Crippen LogP contribution in [0.3, 0.4) is 0 Å². The molecule has 262 valence electrons. The number of alkyl halides is 1. The number of halogens is 2. The summed E-state index contributed by atoms with van der Waals surface area (Å²) in [5.41, 5.74) is 0.516. The van der Waals surface area contributed by atoms with Crippen LogP contribution in [0.2, 0.25) is 5.15 Å². The van der Waals surface area contributed by atoms with Gasteiger partial charge in [-0.15, -0.1) is 5.10 Å². The summed E-state index contributed by atoms with van der Waals surface area (Å²) in [6.45, 7) is 4.32. The van der Waals surface area contributed by atoms with Crippen molar-refractivity contribution in [1.29, 1.82) is 0 Å². The number of carbonyl (C=O) groups is 2. The van der Waals surface area contributed by atoms with Gasteiger partial charge >= 0.3 is 6.09 Å². The molecule has 4 fully saturated rings. The molecule has 0 aromatic carbocycles. The van der Waals surface area contributed by atoms with Crippen molar-refractivity contribution in [2.24, 2.45) is 22.7 Å². The summed E-state index contributed by atoms with van der Waals surface area (Å²) < 4.78 is 50.3. The molecule has 16 heteroatoms. The summed E-state index contributed by atoms with van der Waals surface area (Å²) in [5.74, 6) is 0.497. The molecule has 2 spiro atoms. The van der Waals surface area contributed by atoms with Gasteiger partial charge in [-0.2, -0.15) is 8.42 Å². The van der Waals surface area contributed by atoms with E-state index in [1.807, 2.05) is 18.6 Å². The van der Waals surface area contributed by atoms with Crippen LogP contribution < -0.4 is 14.8 Å². The number of carbonyl (C=O) groups excluding carboxylic acids is 1. The fraction of sp³-hybridized carbons (Fsp3) is 0.545. The van der Waals surface area contributed by atoms with Crippen LogP contribution in [0.5, 0.6) is 5.88 Å². The number of hydrogen-bond acceptors (Lipinski definition) is 9. The van der Waals surface area contributed by atoms with E-state index < -0.39 is 38.8 Å². The Bertz CT molecular complexity index is 1880. The van der Waals surface area contributed by atoms with Gasteiger partial charge in [0.1, 0.15) is 17.1 Å². The van der Waals surface area contributed by atoms with Crippen LogP contribution >= 0.6 is 11.6 Å². The number of hydrogen-bond donors (Lipinski definition) is 3. The van der Waals surface area contributed by atoms with Crippen molar-refractivity contribution < 1.29 is 32.2 Å². The van der Waals surface area contributed by atoms with E-state index >= 15 is 0 Å². The highest BCUT2D eigenvalue weighted by molar-refractivity contribution is 7.90. The highest BCUT2D eigenvalue weighted by atomic mass is 35.5. The molecule has 0 radical (unpaired) electrons. The molecule has 4 aliphatic rings. The fourth-order valence-electron chi connectivity index (χ4n) is 8.30. The van der Waals surface area contributed by atoms with E-state index in [0.717, 1.165) is 12.3 Å². The number of likely N-dealkylation sites (tertiary alicyclic amines) is 1. The largest absolute Gasteiger partial charge is 0.477 e. The minimum atomic E-state index is -4.43. The first-order valence-electron chi connectivity index (χ1n) is 16.5. The summed E-state index contributed by atoms with van der Waals surface area (Å²) in [6, 6.07) is 8.66. The van der Waals surface area contributed by atoms with E-state index in [0.29, 0.717) is 35.6 Å². The Hall–Kier alpha value is -3.98. The van der Waals surface area contributed by atoms with Crippen molar-refractivity contribution in [2.45, 2.75) is 75.5 Å². The number of ether oxygens (including phenoxy) is 1. The number of nitrogens with one attached hydrogen (secondary N) is 2. The molecule has 49 heavy (non-hydrogen) atoms. The first-order chi connectivity index (χ1) is 23.2. The number of pyridine rings is 2. The Labute approximate surface area is 288 Å². The topological polar surface area (TPSA) is 169 Å². The molecule has 13 nitrogen and oxygen atoms in total. The minimum Gasteiger partial charge on any atom is -0.477 e. The SMILES string of the molecule is CC1(C)CC(CC(F)CNc2cccc(S(=O)(=O)NC(=O)c3ccc(-n4ccc(OCCC5C6(CC6)C56CC6)n4)nc3Cl)n2)CN1C(=O)O. The number of aromatic nitrogens is 4. The summed E-state index contributed by atoms with van der Waals surface area (Å²) in [5, 5.41) is 15.9. The molecule has 3 aliphatic carbocycles. The molecule has 3 saturated carbocycles. The van der Waals surface area contributed by atoms with Gasteiger partial charge in [0.15, 0.2) is 10.8 Å². The van der Waals surface area contributed by atoms with E-state index in [4.69, 9.17) is 16.3 Å². The van der Waals surface area contributed by atoms with Gasteiger partial charge in [0.2, 0.25) is 5.88 Å². The number of fused-ring (bicyclic) bond motifs is 1. The maximum Gasteiger partial charge on any atom is 0.407 e. The van der Waals surface area contributed by atoms with Crippen molar-refractivity contribution in [3.05, 3.63) is 53.3 Å². The van der Waals surface area contributed by atoms with Gasteiger partial charge in [-0.25, -0.2) is 28.6 Å². The number of amides is 2. The van der Waals surface area contributed by atoms with Crippen LogP contribution in [-0.2, 0) is 10.0 Å². The Morgan fingerprint density at radius 2 is 1.86 bits per heavy atom. The highest BCUT2D eigenvalue weighted by Crippen LogP contribution is 2.93. The molecule has 1 saturated heterocycles. The third-order valence-electron chi connectivity index (χ3n) is 10.9. The molecule has 3 N–H and O–H groups in total. The molecular weight excluding hydrogens is 677 g/mol. The standard InChI is InChI=1S/C33H39ClFN7O6S/c1-31(2)17-20(19-41(31)30(44)45)16-21(35)18-36-24-4-3-5-27(37-24)49(46,47)40-29(43)22-6-7-25(38-28(22)34)42-14-8-26(39-42)48-15-9-23-32(10-11-32)33(23)12-13-33/h3-8,14,20-21,23H,9-13,15-19H2,1-2H3,(H,36,37)(H,40,43)(H,44,45). The van der Waals surface area contributed by atoms with E-state index in [1.54, 1.807) is 12.3 Å². The molecule has 1 aliphatic heterocycles. The molecule has 2 amide bonds. The van der Waals surface area contributed by atoms with Crippen LogP contribution in [-0.4, -0.2) is 81.6 Å². The summed E-state index contributed by atoms with van der Waals surface area (Å²) in [4.78, 5) is 34.1. The molecule has 3 aromatic heterocycles. The second-order valence-electron chi connectivity index (χ2n) is 14.4. The Morgan fingerprint density at radius 3 is 2.51 bits per heavy atom. The zero-order valence-electron chi connectivity index (χ0n) is 27.2. The molecule has 3 aromatic rings. The lowest BCUT2D eigenvalue weighted by atomic mass is 9.93. The second-order valence-corrected chi connectivity index (χ2v) is 16.4. The van der Waals surface area contributed by atoms with Crippen LogP contribution in [0.25, 0.3) is 5.82 Å². The van der Waals surface area contributed by atoms with E-state index in [9.17, 15) is 27.5 Å². The number of sulfonamides is 1. The smallest absolute Gasteiger partial charge is 0.407 e. The monoisotopic (exact) mass is 715 g/mol. The summed E-state index contributed by atoms with van der Waals surface area (Å²) in [6.07, 6.45) is 6.47. The summed E-state index contributed by atoms with van der Waals surface area (Å²) >= 11 is 6.31. The van der Waals surface area contributed by atoms with Crippen LogP contribution in [0.4, 0.5) is 15.0 Å².